The maximum Gasteiger partial charge on any atom is 0.229 e. The van der Waals surface area contributed by atoms with Crippen LogP contribution in [0, 0.1) is 5.92 Å². The van der Waals surface area contributed by atoms with Gasteiger partial charge in [0.1, 0.15) is 12.4 Å². The summed E-state index contributed by atoms with van der Waals surface area (Å²) in [6.45, 7) is 3.73. The summed E-state index contributed by atoms with van der Waals surface area (Å²) in [5.41, 5.74) is 2.31. The third-order valence-corrected chi connectivity index (χ3v) is 4.85. The van der Waals surface area contributed by atoms with E-state index in [1.54, 1.807) is 0 Å². The van der Waals surface area contributed by atoms with E-state index >= 15 is 0 Å². The van der Waals surface area contributed by atoms with Crippen molar-refractivity contribution < 1.29 is 9.53 Å². The monoisotopic (exact) mass is 323 g/mol. The van der Waals surface area contributed by atoms with Crippen LogP contribution in [0.25, 0.3) is 0 Å². The van der Waals surface area contributed by atoms with Crippen molar-refractivity contribution in [1.29, 1.82) is 0 Å². The van der Waals surface area contributed by atoms with Gasteiger partial charge >= 0.3 is 0 Å². The first-order valence-electron chi connectivity index (χ1n) is 8.46. The Morgan fingerprint density at radius 2 is 1.79 bits per heavy atom. The van der Waals surface area contributed by atoms with Gasteiger partial charge in [0.2, 0.25) is 5.91 Å². The minimum absolute atomic E-state index is 0.0626. The Balaban J connectivity index is 1.37. The number of piperazine rings is 1. The van der Waals surface area contributed by atoms with Gasteiger partial charge in [-0.25, -0.2) is 0 Å². The average Bonchev–Trinajstić information content (AvgIpc) is 2.68. The number of para-hydroxylation sites is 1. The molecule has 4 rings (SSSR count). The molecule has 5 heteroatoms. The SMILES string of the molecule is O=C([C@H]1COc2ccccc2C1)N1CCN(c2ccncc2)CC1. The number of aromatic nitrogens is 1. The summed E-state index contributed by atoms with van der Waals surface area (Å²) in [4.78, 5) is 21.2. The van der Waals surface area contributed by atoms with Crippen LogP contribution in [0.15, 0.2) is 48.8 Å². The van der Waals surface area contributed by atoms with Crippen LogP contribution < -0.4 is 9.64 Å². The summed E-state index contributed by atoms with van der Waals surface area (Å²) in [5, 5.41) is 0. The molecule has 2 aromatic rings. The summed E-state index contributed by atoms with van der Waals surface area (Å²) in [5.74, 6) is 1.08. The summed E-state index contributed by atoms with van der Waals surface area (Å²) < 4.78 is 5.77. The third-order valence-electron chi connectivity index (χ3n) is 4.85. The highest BCUT2D eigenvalue weighted by Crippen LogP contribution is 2.28. The molecule has 0 radical (unpaired) electrons. The predicted octanol–water partition coefficient (Wildman–Crippen LogP) is 1.98. The van der Waals surface area contributed by atoms with Crippen LogP contribution >= 0.6 is 0 Å². The Hall–Kier alpha value is -2.56. The molecule has 1 amide bonds. The number of hydrogen-bond acceptors (Lipinski definition) is 4. The Labute approximate surface area is 141 Å². The van der Waals surface area contributed by atoms with Crippen molar-refractivity contribution in [3.8, 4) is 5.75 Å². The molecule has 0 unspecified atom stereocenters. The fraction of sp³-hybridized carbons (Fsp3) is 0.368. The molecule has 1 saturated heterocycles. The van der Waals surface area contributed by atoms with Crippen LogP contribution in [0.1, 0.15) is 5.56 Å². The lowest BCUT2D eigenvalue weighted by Crippen LogP contribution is -2.51. The predicted molar refractivity (Wildman–Crippen MR) is 92.2 cm³/mol. The number of benzene rings is 1. The van der Waals surface area contributed by atoms with Crippen molar-refractivity contribution in [2.24, 2.45) is 5.92 Å². The van der Waals surface area contributed by atoms with Gasteiger partial charge in [-0.05, 0) is 30.2 Å². The van der Waals surface area contributed by atoms with Crippen molar-refractivity contribution in [1.82, 2.24) is 9.88 Å². The van der Waals surface area contributed by atoms with E-state index in [9.17, 15) is 4.79 Å². The minimum Gasteiger partial charge on any atom is -0.492 e. The summed E-state index contributed by atoms with van der Waals surface area (Å²) in [6.07, 6.45) is 4.40. The molecule has 5 nitrogen and oxygen atoms in total. The van der Waals surface area contributed by atoms with E-state index in [1.165, 1.54) is 5.69 Å². The molecular formula is C19H21N3O2. The second kappa shape index (κ2) is 6.51. The number of amides is 1. The molecule has 24 heavy (non-hydrogen) atoms. The molecule has 1 atom stereocenters. The zero-order valence-electron chi connectivity index (χ0n) is 13.6. The van der Waals surface area contributed by atoms with E-state index in [1.807, 2.05) is 47.6 Å². The largest absolute Gasteiger partial charge is 0.492 e. The van der Waals surface area contributed by atoms with Gasteiger partial charge < -0.3 is 14.5 Å². The number of anilines is 1. The number of hydrogen-bond donors (Lipinski definition) is 0. The molecular weight excluding hydrogens is 302 g/mol. The van der Waals surface area contributed by atoms with Gasteiger partial charge in [-0.2, -0.15) is 0 Å². The van der Waals surface area contributed by atoms with Crippen LogP contribution in [0.2, 0.25) is 0 Å². The van der Waals surface area contributed by atoms with Crippen molar-refractivity contribution >= 4 is 11.6 Å². The quantitative estimate of drug-likeness (QED) is 0.848. The van der Waals surface area contributed by atoms with Gasteiger partial charge in [-0.1, -0.05) is 18.2 Å². The number of rotatable bonds is 2. The number of carbonyl (C=O) groups excluding carboxylic acids is 1. The van der Waals surface area contributed by atoms with E-state index in [0.717, 1.165) is 43.9 Å². The van der Waals surface area contributed by atoms with E-state index in [-0.39, 0.29) is 11.8 Å². The molecule has 0 saturated carbocycles. The normalized spacial score (nSPS) is 20.2. The number of pyridine rings is 1. The first kappa shape index (κ1) is 15.0. The molecule has 2 aliphatic rings. The zero-order valence-corrected chi connectivity index (χ0v) is 13.6. The first-order chi connectivity index (χ1) is 11.8. The Morgan fingerprint density at radius 3 is 2.58 bits per heavy atom. The van der Waals surface area contributed by atoms with E-state index in [4.69, 9.17) is 4.74 Å². The molecule has 2 aliphatic heterocycles. The van der Waals surface area contributed by atoms with E-state index < -0.39 is 0 Å². The molecule has 0 aliphatic carbocycles. The van der Waals surface area contributed by atoms with Gasteiger partial charge in [0.15, 0.2) is 0 Å². The number of nitrogens with zero attached hydrogens (tertiary/aromatic N) is 3. The maximum atomic E-state index is 12.8. The Morgan fingerprint density at radius 1 is 1.04 bits per heavy atom. The molecule has 0 spiro atoms. The first-order valence-corrected chi connectivity index (χ1v) is 8.46. The molecule has 3 heterocycles. The summed E-state index contributed by atoms with van der Waals surface area (Å²) in [7, 11) is 0. The topological polar surface area (TPSA) is 45.7 Å². The zero-order chi connectivity index (χ0) is 16.4. The van der Waals surface area contributed by atoms with Crippen molar-refractivity contribution in [3.63, 3.8) is 0 Å². The van der Waals surface area contributed by atoms with Gasteiger partial charge in [0.25, 0.3) is 0 Å². The highest BCUT2D eigenvalue weighted by atomic mass is 16.5. The fourth-order valence-electron chi connectivity index (χ4n) is 3.48. The van der Waals surface area contributed by atoms with Gasteiger partial charge in [-0.15, -0.1) is 0 Å². The van der Waals surface area contributed by atoms with Crippen LogP contribution in [0.4, 0.5) is 5.69 Å². The third kappa shape index (κ3) is 2.94. The Kier molecular flexibility index (Phi) is 4.07. The maximum absolute atomic E-state index is 12.8. The van der Waals surface area contributed by atoms with Gasteiger partial charge in [0.05, 0.1) is 5.92 Å². The molecule has 1 aromatic heterocycles. The lowest BCUT2D eigenvalue weighted by Gasteiger charge is -2.38. The highest BCUT2D eigenvalue weighted by Gasteiger charge is 2.31. The van der Waals surface area contributed by atoms with Crippen LogP contribution in [0.3, 0.4) is 0 Å². The number of ether oxygens (including phenoxy) is 1. The smallest absolute Gasteiger partial charge is 0.229 e. The Bertz CT molecular complexity index is 712. The minimum atomic E-state index is -0.0626. The molecule has 0 N–H and O–H groups in total. The second-order valence-electron chi connectivity index (χ2n) is 6.34. The van der Waals surface area contributed by atoms with Crippen molar-refractivity contribution in [3.05, 3.63) is 54.4 Å². The summed E-state index contributed by atoms with van der Waals surface area (Å²) in [6, 6.07) is 12.0. The van der Waals surface area contributed by atoms with Crippen molar-refractivity contribution in [2.75, 3.05) is 37.7 Å². The van der Waals surface area contributed by atoms with E-state index in [2.05, 4.69) is 16.0 Å². The molecule has 0 bridgehead atoms. The molecule has 1 fully saturated rings. The van der Waals surface area contributed by atoms with Crippen LogP contribution in [0.5, 0.6) is 5.75 Å². The summed E-state index contributed by atoms with van der Waals surface area (Å²) >= 11 is 0. The average molecular weight is 323 g/mol. The molecule has 1 aromatic carbocycles. The second-order valence-corrected chi connectivity index (χ2v) is 6.34. The molecule has 124 valence electrons. The number of fused-ring (bicyclic) bond motifs is 1. The van der Waals surface area contributed by atoms with Gasteiger partial charge in [-0.3, -0.25) is 9.78 Å². The van der Waals surface area contributed by atoms with E-state index in [0.29, 0.717) is 6.61 Å². The van der Waals surface area contributed by atoms with Crippen LogP contribution in [-0.4, -0.2) is 48.6 Å². The van der Waals surface area contributed by atoms with Crippen LogP contribution in [-0.2, 0) is 11.2 Å². The van der Waals surface area contributed by atoms with Crippen molar-refractivity contribution in [2.45, 2.75) is 6.42 Å². The van der Waals surface area contributed by atoms with Gasteiger partial charge in [0, 0.05) is 44.3 Å². The standard InChI is InChI=1S/C19H21N3O2/c23-19(16-13-15-3-1-2-4-18(15)24-14-16)22-11-9-21(10-12-22)17-5-7-20-8-6-17/h1-8,16H,9-14H2/t16-/m1/s1. The highest BCUT2D eigenvalue weighted by molar-refractivity contribution is 5.80. The fourth-order valence-corrected chi connectivity index (χ4v) is 3.48. The lowest BCUT2D eigenvalue weighted by atomic mass is 9.95. The number of carbonyl (C=O) groups is 1. The lowest BCUT2D eigenvalue weighted by molar-refractivity contribution is -0.137.